The van der Waals surface area contributed by atoms with Gasteiger partial charge in [-0.25, -0.2) is 0 Å². The number of nitrogens with zero attached hydrogens (tertiary/aromatic N) is 1. The van der Waals surface area contributed by atoms with Crippen LogP contribution < -0.4 is 18.9 Å². The van der Waals surface area contributed by atoms with Crippen molar-refractivity contribution in [3.8, 4) is 0 Å². The molecule has 1 atom stereocenters. The molecule has 0 radical (unpaired) electrons. The van der Waals surface area contributed by atoms with Crippen LogP contribution >= 0.6 is 0 Å². The molecule has 0 aliphatic rings. The molecular formula is C28H52LiNO3. The molecular weight excluding hydrogens is 405 g/mol. The zero-order valence-electron chi connectivity index (χ0n) is 23.5. The Bertz CT molecular complexity index is 533. The summed E-state index contributed by atoms with van der Waals surface area (Å²) in [6.45, 7) is 20.3. The molecule has 0 aliphatic carbocycles. The smallest absolute Gasteiger partial charge is 0.658 e. The Morgan fingerprint density at radius 2 is 1.48 bits per heavy atom. The minimum atomic E-state index is -0.706. The summed E-state index contributed by atoms with van der Waals surface area (Å²) in [6, 6.07) is 1.000. The molecule has 0 bridgehead atoms. The van der Waals surface area contributed by atoms with Gasteiger partial charge in [0.25, 0.3) is 0 Å². The van der Waals surface area contributed by atoms with Crippen LogP contribution in [0.2, 0.25) is 0 Å². The predicted molar refractivity (Wildman–Crippen MR) is 139 cm³/mol. The number of ether oxygens (including phenoxy) is 1. The Hall–Kier alpha value is -0.823. The summed E-state index contributed by atoms with van der Waals surface area (Å²) in [6.07, 6.45) is 13.8. The van der Waals surface area contributed by atoms with Crippen LogP contribution in [0.4, 0.5) is 0 Å². The SMILES string of the molecule is C=CC(C)(CCC=C(C)C)OC(=O)CC(=O)CCCCCCCCC.CC(C)[N-]C(C)C.[Li+]. The second-order valence-electron chi connectivity index (χ2n) is 9.73. The van der Waals surface area contributed by atoms with Gasteiger partial charge in [0, 0.05) is 6.42 Å². The topological polar surface area (TPSA) is 57.5 Å². The molecule has 0 saturated carbocycles. The molecule has 0 N–H and O–H groups in total. The number of carbonyl (C=O) groups is 2. The fraction of sp³-hybridized carbons (Fsp3) is 0.786. The van der Waals surface area contributed by atoms with Crippen molar-refractivity contribution in [2.75, 3.05) is 0 Å². The first-order valence-electron chi connectivity index (χ1n) is 12.7. The summed E-state index contributed by atoms with van der Waals surface area (Å²) in [5.74, 6) is -0.457. The maximum atomic E-state index is 12.0. The molecule has 0 fully saturated rings. The maximum Gasteiger partial charge on any atom is 1.00 e. The summed E-state index contributed by atoms with van der Waals surface area (Å²) >= 11 is 0. The van der Waals surface area contributed by atoms with E-state index in [2.05, 4.69) is 52.6 Å². The third-order valence-electron chi connectivity index (χ3n) is 4.97. The predicted octanol–water partition coefficient (Wildman–Crippen LogP) is 5.50. The second kappa shape index (κ2) is 22.9. The third-order valence-corrected chi connectivity index (χ3v) is 4.97. The molecule has 188 valence electrons. The Kier molecular flexibility index (Phi) is 25.5. The minimum absolute atomic E-state index is 0. The zero-order valence-corrected chi connectivity index (χ0v) is 23.5. The molecule has 33 heavy (non-hydrogen) atoms. The first-order chi connectivity index (χ1) is 15.0. The molecule has 5 heteroatoms. The fourth-order valence-corrected chi connectivity index (χ4v) is 3.26. The number of unbranched alkanes of at least 4 members (excludes halogenated alkanes) is 6. The number of carbonyl (C=O) groups excluding carboxylic acids is 2. The van der Waals surface area contributed by atoms with E-state index in [0.717, 1.165) is 19.3 Å². The van der Waals surface area contributed by atoms with E-state index in [1.54, 1.807) is 6.08 Å². The van der Waals surface area contributed by atoms with Crippen molar-refractivity contribution >= 4 is 11.8 Å². The Balaban J connectivity index is -0.000000969. The molecule has 0 aliphatic heterocycles. The minimum Gasteiger partial charge on any atom is -0.658 e. The quantitative estimate of drug-likeness (QED) is 0.0952. The van der Waals surface area contributed by atoms with Crippen LogP contribution in [0.1, 0.15) is 126 Å². The van der Waals surface area contributed by atoms with Gasteiger partial charge in [-0.1, -0.05) is 91.4 Å². The number of allylic oxidation sites excluding steroid dienone is 2. The maximum absolute atomic E-state index is 12.0. The number of ketones is 1. The Morgan fingerprint density at radius 3 is 1.91 bits per heavy atom. The van der Waals surface area contributed by atoms with E-state index in [4.69, 9.17) is 4.74 Å². The molecule has 1 unspecified atom stereocenters. The summed E-state index contributed by atoms with van der Waals surface area (Å²) in [7, 11) is 0. The summed E-state index contributed by atoms with van der Waals surface area (Å²) in [5, 5.41) is 4.28. The molecule has 0 spiro atoms. The number of hydrogen-bond acceptors (Lipinski definition) is 3. The molecule has 0 saturated heterocycles. The zero-order chi connectivity index (χ0) is 25.0. The Morgan fingerprint density at radius 1 is 0.970 bits per heavy atom. The van der Waals surface area contributed by atoms with E-state index in [9.17, 15) is 9.59 Å². The van der Waals surface area contributed by atoms with Crippen molar-refractivity contribution in [1.29, 1.82) is 0 Å². The molecule has 0 aromatic carbocycles. The van der Waals surface area contributed by atoms with Gasteiger partial charge < -0.3 is 10.1 Å². The van der Waals surface area contributed by atoms with Crippen molar-refractivity contribution in [3.05, 3.63) is 29.6 Å². The van der Waals surface area contributed by atoms with Gasteiger partial charge in [-0.3, -0.25) is 9.59 Å². The van der Waals surface area contributed by atoms with Crippen molar-refractivity contribution in [2.45, 2.75) is 144 Å². The van der Waals surface area contributed by atoms with Gasteiger partial charge in [0.1, 0.15) is 17.8 Å². The third kappa shape index (κ3) is 27.3. The average Bonchev–Trinajstić information content (AvgIpc) is 2.66. The van der Waals surface area contributed by atoms with Crippen LogP contribution in [0.3, 0.4) is 0 Å². The van der Waals surface area contributed by atoms with Gasteiger partial charge in [-0.2, -0.15) is 0 Å². The van der Waals surface area contributed by atoms with Crippen LogP contribution in [0.15, 0.2) is 24.3 Å². The van der Waals surface area contributed by atoms with Gasteiger partial charge in [0.15, 0.2) is 0 Å². The van der Waals surface area contributed by atoms with Gasteiger partial charge in [0.05, 0.1) is 0 Å². The summed E-state index contributed by atoms with van der Waals surface area (Å²) in [4.78, 5) is 24.0. The Labute approximate surface area is 218 Å². The van der Waals surface area contributed by atoms with Gasteiger partial charge >= 0.3 is 24.8 Å². The molecule has 4 nitrogen and oxygen atoms in total. The van der Waals surface area contributed by atoms with E-state index in [-0.39, 0.29) is 31.1 Å². The number of Topliss-reactive ketones (excluding diaryl/α,β-unsaturated/α-hetero) is 1. The number of hydrogen-bond donors (Lipinski definition) is 0. The fourth-order valence-electron chi connectivity index (χ4n) is 3.26. The average molecular weight is 458 g/mol. The number of rotatable bonds is 17. The van der Waals surface area contributed by atoms with E-state index >= 15 is 0 Å². The van der Waals surface area contributed by atoms with E-state index in [1.165, 1.54) is 37.7 Å². The molecule has 0 aromatic rings. The second-order valence-corrected chi connectivity index (χ2v) is 9.73. The van der Waals surface area contributed by atoms with Crippen LogP contribution in [0.5, 0.6) is 0 Å². The van der Waals surface area contributed by atoms with Crippen LogP contribution in [-0.2, 0) is 14.3 Å². The summed E-state index contributed by atoms with van der Waals surface area (Å²) < 4.78 is 5.50. The van der Waals surface area contributed by atoms with Crippen LogP contribution in [-0.4, -0.2) is 29.4 Å². The van der Waals surface area contributed by atoms with Crippen molar-refractivity contribution < 1.29 is 33.2 Å². The van der Waals surface area contributed by atoms with Crippen molar-refractivity contribution in [1.82, 2.24) is 0 Å². The van der Waals surface area contributed by atoms with Crippen LogP contribution in [0.25, 0.3) is 5.32 Å². The molecule has 0 aromatic heterocycles. The molecule has 0 heterocycles. The van der Waals surface area contributed by atoms with Crippen LogP contribution in [0, 0.1) is 0 Å². The van der Waals surface area contributed by atoms with Gasteiger partial charge in [-0.15, -0.1) is 12.1 Å². The largest absolute Gasteiger partial charge is 1.00 e. The standard InChI is InChI=1S/C22H38O3.C6H14N.Li/c1-6-8-9-10-11-12-13-16-20(23)18-21(24)25-22(5,7-2)17-14-15-19(3)4;1-5(2)7-6(3)4;/h7,15H,2,6,8-14,16-18H2,1,3-5H3;5-6H,1-4H3;/q;-1;+1. The molecule has 0 amide bonds. The normalized spacial score (nSPS) is 12.2. The number of esters is 1. The van der Waals surface area contributed by atoms with Gasteiger partial charge in [0.2, 0.25) is 0 Å². The molecule has 0 rings (SSSR count). The van der Waals surface area contributed by atoms with Crippen molar-refractivity contribution in [2.24, 2.45) is 0 Å². The summed E-state index contributed by atoms with van der Waals surface area (Å²) in [5.41, 5.74) is 0.533. The van der Waals surface area contributed by atoms with E-state index in [0.29, 0.717) is 24.9 Å². The van der Waals surface area contributed by atoms with Gasteiger partial charge in [-0.05, 0) is 46.1 Å². The first-order valence-corrected chi connectivity index (χ1v) is 12.7. The first kappa shape index (κ1) is 36.7. The monoisotopic (exact) mass is 457 g/mol. The van der Waals surface area contributed by atoms with Crippen molar-refractivity contribution in [3.63, 3.8) is 0 Å². The van der Waals surface area contributed by atoms with E-state index < -0.39 is 11.6 Å². The van der Waals surface area contributed by atoms with E-state index in [1.807, 2.05) is 20.8 Å².